The number of nitrogens with zero attached hydrogens (tertiary/aromatic N) is 5. The predicted octanol–water partition coefficient (Wildman–Crippen LogP) is 5.05. The third-order valence-corrected chi connectivity index (χ3v) is 5.24. The predicted molar refractivity (Wildman–Crippen MR) is 126 cm³/mol. The highest BCUT2D eigenvalue weighted by atomic mass is 19.4. The molecular weight excluding hydrogens is 479 g/mol. The van der Waals surface area contributed by atoms with Crippen molar-refractivity contribution in [2.75, 3.05) is 13.7 Å². The van der Waals surface area contributed by atoms with E-state index in [4.69, 9.17) is 19.2 Å². The molecule has 0 bridgehead atoms. The lowest BCUT2D eigenvalue weighted by atomic mass is 10.1. The summed E-state index contributed by atoms with van der Waals surface area (Å²) in [6, 6.07) is 3.52. The van der Waals surface area contributed by atoms with Crippen LogP contribution in [-0.4, -0.2) is 55.4 Å². The lowest BCUT2D eigenvalue weighted by Crippen LogP contribution is -2.17. The number of halogens is 3. The lowest BCUT2D eigenvalue weighted by Gasteiger charge is -2.13. The van der Waals surface area contributed by atoms with E-state index in [1.165, 1.54) is 24.1 Å². The van der Waals surface area contributed by atoms with Crippen molar-refractivity contribution < 1.29 is 32.5 Å². The average Bonchev–Trinajstić information content (AvgIpc) is 3.34. The van der Waals surface area contributed by atoms with Gasteiger partial charge in [-0.25, -0.2) is 14.5 Å². The highest BCUT2D eigenvalue weighted by molar-refractivity contribution is 5.95. The normalized spacial score (nSPS) is 11.9. The van der Waals surface area contributed by atoms with Crippen LogP contribution in [0.3, 0.4) is 0 Å². The van der Waals surface area contributed by atoms with Crippen LogP contribution in [0.1, 0.15) is 26.3 Å². The summed E-state index contributed by atoms with van der Waals surface area (Å²) in [5, 5.41) is 15.3. The number of hydrogen-bond donors (Lipinski definition) is 1. The zero-order valence-electron chi connectivity index (χ0n) is 20.4. The molecule has 0 fully saturated rings. The molecule has 4 heterocycles. The van der Waals surface area contributed by atoms with E-state index in [0.29, 0.717) is 46.0 Å². The van der Waals surface area contributed by atoms with Crippen LogP contribution < -0.4 is 14.2 Å². The van der Waals surface area contributed by atoms with Gasteiger partial charge < -0.3 is 19.3 Å². The number of aromatic nitrogens is 5. The van der Waals surface area contributed by atoms with Gasteiger partial charge in [-0.3, -0.25) is 4.68 Å². The summed E-state index contributed by atoms with van der Waals surface area (Å²) in [5.74, 6) is 0.751. The molecule has 0 saturated carbocycles. The van der Waals surface area contributed by atoms with Gasteiger partial charge in [0.1, 0.15) is 12.1 Å². The first-order valence-electron chi connectivity index (χ1n) is 11.2. The van der Waals surface area contributed by atoms with E-state index in [-0.39, 0.29) is 23.6 Å². The fourth-order valence-electron chi connectivity index (χ4n) is 3.84. The van der Waals surface area contributed by atoms with Crippen molar-refractivity contribution in [2.24, 2.45) is 0 Å². The first-order valence-corrected chi connectivity index (χ1v) is 11.2. The fraction of sp³-hybridized carbons (Fsp3) is 0.375. The molecule has 0 aliphatic heterocycles. The van der Waals surface area contributed by atoms with Gasteiger partial charge in [-0.05, 0) is 45.4 Å². The molecular formula is C24H26F3N5O4. The SMILES string of the molecule is CCOc1ncc(-c2cc(C)c3c(O)n(-c4cnn(CC(F)(F)F)c4)c(OC(C)C)c3n2)cc1OC. The molecule has 36 heavy (non-hydrogen) atoms. The van der Waals surface area contributed by atoms with E-state index in [0.717, 1.165) is 4.68 Å². The van der Waals surface area contributed by atoms with E-state index in [2.05, 4.69) is 10.1 Å². The van der Waals surface area contributed by atoms with Crippen LogP contribution in [0.2, 0.25) is 0 Å². The Labute approximate surface area is 205 Å². The largest absolute Gasteiger partial charge is 0.494 e. The zero-order valence-corrected chi connectivity index (χ0v) is 20.4. The molecule has 9 nitrogen and oxygen atoms in total. The maximum Gasteiger partial charge on any atom is 0.408 e. The average molecular weight is 505 g/mol. The van der Waals surface area contributed by atoms with E-state index in [9.17, 15) is 18.3 Å². The van der Waals surface area contributed by atoms with Crippen molar-refractivity contribution in [1.82, 2.24) is 24.3 Å². The second-order valence-corrected chi connectivity index (χ2v) is 8.35. The van der Waals surface area contributed by atoms with Crippen LogP contribution in [-0.2, 0) is 6.54 Å². The van der Waals surface area contributed by atoms with Crippen LogP contribution >= 0.6 is 0 Å². The maximum atomic E-state index is 12.9. The Morgan fingerprint density at radius 1 is 1.17 bits per heavy atom. The van der Waals surface area contributed by atoms with Crippen molar-refractivity contribution in [3.05, 3.63) is 36.3 Å². The standard InChI is InChI=1S/C24H26F3N5O4/c1-6-35-21-18(34-5)8-15(9-28-21)17-7-14(4)19-20(30-17)23(36-13(2)3)32(22(19)33)16-10-29-31(11-16)12-24(25,26)27/h7-11,13,33H,6,12H2,1-5H3. The van der Waals surface area contributed by atoms with Gasteiger partial charge in [0.25, 0.3) is 5.88 Å². The third kappa shape index (κ3) is 4.88. The smallest absolute Gasteiger partial charge is 0.408 e. The lowest BCUT2D eigenvalue weighted by molar-refractivity contribution is -0.142. The number of hydrogen-bond acceptors (Lipinski definition) is 7. The van der Waals surface area contributed by atoms with Gasteiger partial charge in [0.2, 0.25) is 11.8 Å². The Morgan fingerprint density at radius 2 is 1.92 bits per heavy atom. The van der Waals surface area contributed by atoms with Gasteiger partial charge in [0, 0.05) is 18.0 Å². The maximum absolute atomic E-state index is 12.9. The third-order valence-electron chi connectivity index (χ3n) is 5.24. The first kappa shape index (κ1) is 25.1. The quantitative estimate of drug-likeness (QED) is 0.358. The second kappa shape index (κ2) is 9.59. The molecule has 4 rings (SSSR count). The molecule has 192 valence electrons. The van der Waals surface area contributed by atoms with Crippen molar-refractivity contribution in [1.29, 1.82) is 0 Å². The number of alkyl halides is 3. The number of methoxy groups -OCH3 is 1. The van der Waals surface area contributed by atoms with Crippen LogP contribution in [0.25, 0.3) is 27.8 Å². The van der Waals surface area contributed by atoms with Crippen LogP contribution in [0.5, 0.6) is 23.4 Å². The summed E-state index contributed by atoms with van der Waals surface area (Å²) in [4.78, 5) is 9.06. The molecule has 0 unspecified atom stereocenters. The van der Waals surface area contributed by atoms with Crippen molar-refractivity contribution >= 4 is 10.9 Å². The Balaban J connectivity index is 1.89. The minimum absolute atomic E-state index is 0.180. The molecule has 0 spiro atoms. The molecule has 0 atom stereocenters. The molecule has 0 aliphatic rings. The number of fused-ring (bicyclic) bond motifs is 1. The monoisotopic (exact) mass is 505 g/mol. The Bertz CT molecular complexity index is 1390. The van der Waals surface area contributed by atoms with Crippen molar-refractivity contribution in [2.45, 2.75) is 46.5 Å². The van der Waals surface area contributed by atoms with Gasteiger partial charge in [-0.2, -0.15) is 18.3 Å². The Kier molecular flexibility index (Phi) is 6.70. The molecule has 0 aliphatic carbocycles. The summed E-state index contributed by atoms with van der Waals surface area (Å²) >= 11 is 0. The van der Waals surface area contributed by atoms with Gasteiger partial charge in [-0.15, -0.1) is 0 Å². The minimum atomic E-state index is -4.44. The van der Waals surface area contributed by atoms with Gasteiger partial charge in [-0.1, -0.05) is 0 Å². The van der Waals surface area contributed by atoms with Crippen molar-refractivity contribution in [3.63, 3.8) is 0 Å². The molecule has 0 radical (unpaired) electrons. The van der Waals surface area contributed by atoms with Crippen molar-refractivity contribution in [3.8, 4) is 40.3 Å². The topological polar surface area (TPSA) is 96.5 Å². The number of aromatic hydroxyl groups is 1. The van der Waals surface area contributed by atoms with E-state index in [1.54, 1.807) is 39.1 Å². The number of aryl methyl sites for hydroxylation is 1. The molecule has 4 aromatic heterocycles. The molecule has 12 heteroatoms. The number of ether oxygens (including phenoxy) is 3. The van der Waals surface area contributed by atoms with Crippen LogP contribution in [0.15, 0.2) is 30.7 Å². The van der Waals surface area contributed by atoms with Gasteiger partial charge in [0.15, 0.2) is 5.75 Å². The summed E-state index contributed by atoms with van der Waals surface area (Å²) in [7, 11) is 1.51. The summed E-state index contributed by atoms with van der Waals surface area (Å²) < 4.78 is 57.5. The summed E-state index contributed by atoms with van der Waals surface area (Å²) in [5.41, 5.74) is 2.40. The second-order valence-electron chi connectivity index (χ2n) is 8.35. The number of rotatable bonds is 8. The van der Waals surface area contributed by atoms with E-state index in [1.807, 2.05) is 6.92 Å². The molecule has 0 amide bonds. The highest BCUT2D eigenvalue weighted by Gasteiger charge is 2.30. The van der Waals surface area contributed by atoms with E-state index < -0.39 is 12.7 Å². The van der Waals surface area contributed by atoms with Crippen LogP contribution in [0, 0.1) is 6.92 Å². The Hall–Kier alpha value is -3.96. The number of pyridine rings is 2. The fourth-order valence-corrected chi connectivity index (χ4v) is 3.84. The van der Waals surface area contributed by atoms with Gasteiger partial charge in [0.05, 0.1) is 42.8 Å². The molecule has 0 saturated heterocycles. The molecule has 1 N–H and O–H groups in total. The summed E-state index contributed by atoms with van der Waals surface area (Å²) in [6.45, 7) is 6.39. The highest BCUT2D eigenvalue weighted by Crippen LogP contribution is 2.42. The first-order chi connectivity index (χ1) is 17.0. The van der Waals surface area contributed by atoms with E-state index >= 15 is 0 Å². The zero-order chi connectivity index (χ0) is 26.2. The minimum Gasteiger partial charge on any atom is -0.494 e. The molecule has 4 aromatic rings. The van der Waals surface area contributed by atoms with Crippen LogP contribution in [0.4, 0.5) is 13.2 Å². The summed E-state index contributed by atoms with van der Waals surface area (Å²) in [6.07, 6.45) is -0.734. The Morgan fingerprint density at radius 3 is 2.56 bits per heavy atom. The molecule has 0 aromatic carbocycles. The van der Waals surface area contributed by atoms with Gasteiger partial charge >= 0.3 is 6.18 Å².